The number of hydrazine groups is 1. The summed E-state index contributed by atoms with van der Waals surface area (Å²) in [7, 11) is 0. The number of pyridine rings is 1. The Bertz CT molecular complexity index is 676. The van der Waals surface area contributed by atoms with Crippen LogP contribution in [0.4, 0.5) is 5.69 Å². The quantitative estimate of drug-likeness (QED) is 0.656. The molecule has 1 saturated heterocycles. The van der Waals surface area contributed by atoms with Crippen LogP contribution in [0.2, 0.25) is 0 Å². The maximum Gasteiger partial charge on any atom is 0.272 e. The molecule has 0 saturated carbocycles. The van der Waals surface area contributed by atoms with Crippen LogP contribution in [0.25, 0.3) is 10.9 Å². The fourth-order valence-corrected chi connectivity index (χ4v) is 3.59. The Morgan fingerprint density at radius 2 is 2.29 bits per heavy atom. The Kier molecular flexibility index (Phi) is 3.98. The predicted octanol–water partition coefficient (Wildman–Crippen LogP) is 2.10. The number of nitrogens with two attached hydrogens (primary N) is 1. The summed E-state index contributed by atoms with van der Waals surface area (Å²) in [6.07, 6.45) is 0. The topological polar surface area (TPSA) is 71.2 Å². The van der Waals surface area contributed by atoms with E-state index < -0.39 is 0 Å². The summed E-state index contributed by atoms with van der Waals surface area (Å²) < 4.78 is 0. The third kappa shape index (κ3) is 2.69. The molecular weight excluding hydrogens is 284 g/mol. The molecule has 1 aromatic heterocycles. The van der Waals surface area contributed by atoms with Gasteiger partial charge in [0.15, 0.2) is 0 Å². The Labute approximate surface area is 127 Å². The molecule has 5 nitrogen and oxygen atoms in total. The molecule has 1 aliphatic heterocycles. The second-order valence-corrected chi connectivity index (χ2v) is 6.29. The number of hydrogen-bond donors (Lipinski definition) is 2. The molecular formula is C15H18N4OS. The molecule has 1 aliphatic rings. The van der Waals surface area contributed by atoms with E-state index in [-0.39, 0.29) is 11.9 Å². The van der Waals surface area contributed by atoms with Crippen LogP contribution in [0.1, 0.15) is 17.4 Å². The smallest absolute Gasteiger partial charge is 0.272 e. The monoisotopic (exact) mass is 302 g/mol. The summed E-state index contributed by atoms with van der Waals surface area (Å²) in [5, 5.41) is 0.916. The first-order valence-electron chi connectivity index (χ1n) is 6.96. The van der Waals surface area contributed by atoms with Gasteiger partial charge in [-0.1, -0.05) is 18.2 Å². The lowest BCUT2D eigenvalue weighted by Gasteiger charge is -2.32. The zero-order chi connectivity index (χ0) is 14.8. The molecule has 2 aromatic rings. The second-order valence-electron chi connectivity index (χ2n) is 5.14. The molecule has 0 radical (unpaired) electrons. The van der Waals surface area contributed by atoms with Crippen LogP contribution in [0.5, 0.6) is 0 Å². The van der Waals surface area contributed by atoms with Crippen LogP contribution in [-0.2, 0) is 0 Å². The normalized spacial score (nSPS) is 18.8. The predicted molar refractivity (Wildman–Crippen MR) is 87.4 cm³/mol. The van der Waals surface area contributed by atoms with Crippen molar-refractivity contribution in [2.24, 2.45) is 5.84 Å². The highest BCUT2D eigenvalue weighted by Gasteiger charge is 2.26. The zero-order valence-electron chi connectivity index (χ0n) is 11.9. The van der Waals surface area contributed by atoms with Crippen LogP contribution in [0.3, 0.4) is 0 Å². The van der Waals surface area contributed by atoms with Gasteiger partial charge in [0.1, 0.15) is 5.69 Å². The van der Waals surface area contributed by atoms with E-state index in [4.69, 9.17) is 5.84 Å². The van der Waals surface area contributed by atoms with Crippen molar-refractivity contribution in [3.8, 4) is 0 Å². The van der Waals surface area contributed by atoms with Gasteiger partial charge in [0, 0.05) is 29.5 Å². The molecule has 0 spiro atoms. The Balaban J connectivity index is 2.01. The van der Waals surface area contributed by atoms with E-state index in [0.717, 1.165) is 34.6 Å². The first-order valence-corrected chi connectivity index (χ1v) is 8.11. The largest absolute Gasteiger partial charge is 0.333 e. The molecule has 2 heterocycles. The van der Waals surface area contributed by atoms with Crippen molar-refractivity contribution in [2.45, 2.75) is 13.0 Å². The lowest BCUT2D eigenvalue weighted by molar-refractivity contribution is 0.0710. The molecule has 6 heteroatoms. The van der Waals surface area contributed by atoms with Crippen molar-refractivity contribution in [3.63, 3.8) is 0 Å². The molecule has 0 aliphatic carbocycles. The first kappa shape index (κ1) is 14.2. The summed E-state index contributed by atoms with van der Waals surface area (Å²) in [6.45, 7) is 2.85. The van der Waals surface area contributed by atoms with Crippen LogP contribution >= 0.6 is 11.8 Å². The lowest BCUT2D eigenvalue weighted by atomic mass is 10.1. The van der Waals surface area contributed by atoms with Crippen LogP contribution < -0.4 is 11.3 Å². The van der Waals surface area contributed by atoms with Crippen LogP contribution in [-0.4, -0.2) is 39.9 Å². The molecule has 3 N–H and O–H groups in total. The van der Waals surface area contributed by atoms with Gasteiger partial charge in [-0.2, -0.15) is 11.8 Å². The highest BCUT2D eigenvalue weighted by Crippen LogP contribution is 2.24. The molecule has 1 amide bonds. The van der Waals surface area contributed by atoms with Crippen LogP contribution in [0, 0.1) is 0 Å². The van der Waals surface area contributed by atoms with Crippen molar-refractivity contribution in [2.75, 3.05) is 23.5 Å². The summed E-state index contributed by atoms with van der Waals surface area (Å²) in [4.78, 5) is 19.1. The summed E-state index contributed by atoms with van der Waals surface area (Å²) in [6, 6.07) is 9.63. The van der Waals surface area contributed by atoms with Gasteiger partial charge >= 0.3 is 0 Å². The van der Waals surface area contributed by atoms with E-state index in [1.54, 1.807) is 6.07 Å². The van der Waals surface area contributed by atoms with E-state index in [9.17, 15) is 4.79 Å². The molecule has 3 rings (SSSR count). The fraction of sp³-hybridized carbons (Fsp3) is 0.333. The molecule has 1 atom stereocenters. The van der Waals surface area contributed by atoms with Gasteiger partial charge in [-0.3, -0.25) is 10.6 Å². The minimum atomic E-state index is -0.0231. The minimum absolute atomic E-state index is 0.0231. The number of para-hydroxylation sites is 1. The number of nitrogens with one attached hydrogen (secondary N) is 1. The van der Waals surface area contributed by atoms with Gasteiger partial charge in [0.25, 0.3) is 5.91 Å². The van der Waals surface area contributed by atoms with Crippen molar-refractivity contribution < 1.29 is 4.79 Å². The summed E-state index contributed by atoms with van der Waals surface area (Å²) in [5.41, 5.74) is 4.61. The third-order valence-electron chi connectivity index (χ3n) is 3.72. The van der Waals surface area contributed by atoms with E-state index >= 15 is 0 Å². The van der Waals surface area contributed by atoms with E-state index in [0.29, 0.717) is 5.69 Å². The first-order chi connectivity index (χ1) is 10.2. The number of benzene rings is 1. The summed E-state index contributed by atoms with van der Waals surface area (Å²) >= 11 is 1.88. The van der Waals surface area contributed by atoms with Gasteiger partial charge in [-0.25, -0.2) is 4.98 Å². The zero-order valence-corrected chi connectivity index (χ0v) is 12.7. The third-order valence-corrected chi connectivity index (χ3v) is 4.91. The van der Waals surface area contributed by atoms with Gasteiger partial charge in [-0.15, -0.1) is 0 Å². The van der Waals surface area contributed by atoms with Gasteiger partial charge in [0.05, 0.1) is 11.2 Å². The number of thioether (sulfide) groups is 1. The molecule has 1 aromatic carbocycles. The maximum absolute atomic E-state index is 12.7. The molecule has 0 bridgehead atoms. The average molecular weight is 302 g/mol. The van der Waals surface area contributed by atoms with Crippen molar-refractivity contribution in [1.82, 2.24) is 9.88 Å². The number of fused-ring (bicyclic) bond motifs is 1. The Hall–Kier alpha value is -1.79. The van der Waals surface area contributed by atoms with Crippen molar-refractivity contribution in [3.05, 3.63) is 36.0 Å². The SMILES string of the molecule is CC1CSCCN1C(=O)c1cc(NN)c2ccccc2n1. The average Bonchev–Trinajstić information content (AvgIpc) is 2.53. The maximum atomic E-state index is 12.7. The van der Waals surface area contributed by atoms with Crippen molar-refractivity contribution in [1.29, 1.82) is 0 Å². The number of nitrogens with zero attached hydrogens (tertiary/aromatic N) is 2. The number of anilines is 1. The van der Waals surface area contributed by atoms with Crippen molar-refractivity contribution >= 4 is 34.3 Å². The number of carbonyl (C=O) groups is 1. The lowest BCUT2D eigenvalue weighted by Crippen LogP contribution is -2.44. The number of hydrogen-bond acceptors (Lipinski definition) is 5. The number of carbonyl (C=O) groups excluding carboxylic acids is 1. The van der Waals surface area contributed by atoms with E-state index in [1.165, 1.54) is 0 Å². The minimum Gasteiger partial charge on any atom is -0.333 e. The van der Waals surface area contributed by atoms with Crippen LogP contribution in [0.15, 0.2) is 30.3 Å². The standard InChI is InChI=1S/C15H18N4OS/c1-10-9-21-7-6-19(10)15(20)14-8-13(18-16)11-4-2-3-5-12(11)17-14/h2-5,8,10H,6-7,9,16H2,1H3,(H,17,18). The van der Waals surface area contributed by atoms with E-state index in [2.05, 4.69) is 17.3 Å². The van der Waals surface area contributed by atoms with Gasteiger partial charge in [-0.05, 0) is 19.1 Å². The molecule has 21 heavy (non-hydrogen) atoms. The fourth-order valence-electron chi connectivity index (χ4n) is 2.58. The Morgan fingerprint density at radius 1 is 1.48 bits per heavy atom. The van der Waals surface area contributed by atoms with Gasteiger partial charge < -0.3 is 10.3 Å². The van der Waals surface area contributed by atoms with E-state index in [1.807, 2.05) is 40.9 Å². The number of nitrogen functional groups attached to an aromatic ring is 1. The second kappa shape index (κ2) is 5.91. The molecule has 1 fully saturated rings. The Morgan fingerprint density at radius 3 is 3.05 bits per heavy atom. The highest BCUT2D eigenvalue weighted by molar-refractivity contribution is 7.99. The number of aromatic nitrogens is 1. The summed E-state index contributed by atoms with van der Waals surface area (Å²) in [5.74, 6) is 7.51. The highest BCUT2D eigenvalue weighted by atomic mass is 32.2. The molecule has 1 unspecified atom stereocenters. The van der Waals surface area contributed by atoms with Gasteiger partial charge in [0.2, 0.25) is 0 Å². The number of rotatable bonds is 2. The number of amides is 1. The molecule has 110 valence electrons.